The largest absolute Gasteiger partial charge is 0.315 e. The van der Waals surface area contributed by atoms with E-state index in [0.717, 1.165) is 12.0 Å². The van der Waals surface area contributed by atoms with E-state index in [4.69, 9.17) is 0 Å². The third-order valence-corrected chi connectivity index (χ3v) is 4.16. The van der Waals surface area contributed by atoms with Gasteiger partial charge in [-0.15, -0.1) is 0 Å². The number of hydrogen-bond acceptors (Lipinski definition) is 2. The predicted molar refractivity (Wildman–Crippen MR) is 76.4 cm³/mol. The summed E-state index contributed by atoms with van der Waals surface area (Å²) in [5.74, 6) is 0.937. The van der Waals surface area contributed by atoms with Crippen LogP contribution in [0, 0.1) is 11.3 Å². The van der Waals surface area contributed by atoms with Gasteiger partial charge in [0.1, 0.15) is 0 Å². The molecule has 1 fully saturated rings. The molecule has 2 nitrogen and oxygen atoms in total. The zero-order valence-corrected chi connectivity index (χ0v) is 12.7. The van der Waals surface area contributed by atoms with Crippen LogP contribution in [0.25, 0.3) is 0 Å². The third-order valence-electron chi connectivity index (χ3n) is 4.16. The average molecular weight is 240 g/mol. The fraction of sp³-hybridized carbons (Fsp3) is 1.00. The Morgan fingerprint density at radius 1 is 1.24 bits per heavy atom. The molecule has 0 heterocycles. The van der Waals surface area contributed by atoms with Gasteiger partial charge < -0.3 is 10.2 Å². The lowest BCUT2D eigenvalue weighted by molar-refractivity contribution is 0.0922. The van der Waals surface area contributed by atoms with E-state index in [2.05, 4.69) is 52.0 Å². The minimum Gasteiger partial charge on any atom is -0.315 e. The first kappa shape index (κ1) is 15.0. The lowest BCUT2D eigenvalue weighted by Crippen LogP contribution is -2.52. The van der Waals surface area contributed by atoms with Crippen molar-refractivity contribution in [3.8, 4) is 0 Å². The van der Waals surface area contributed by atoms with Crippen LogP contribution in [0.15, 0.2) is 0 Å². The van der Waals surface area contributed by atoms with Crippen molar-refractivity contribution in [1.82, 2.24) is 10.2 Å². The van der Waals surface area contributed by atoms with E-state index in [1.165, 1.54) is 32.2 Å². The van der Waals surface area contributed by atoms with Crippen LogP contribution >= 0.6 is 0 Å². The molecule has 0 bridgehead atoms. The Balaban J connectivity index is 2.62. The van der Waals surface area contributed by atoms with Crippen molar-refractivity contribution in [3.05, 3.63) is 0 Å². The number of nitrogens with zero attached hydrogens (tertiary/aromatic N) is 1. The second-order valence-corrected chi connectivity index (χ2v) is 7.03. The second kappa shape index (κ2) is 6.19. The van der Waals surface area contributed by atoms with E-state index in [1.54, 1.807) is 0 Å². The Bertz CT molecular complexity index is 219. The van der Waals surface area contributed by atoms with Crippen molar-refractivity contribution >= 4 is 0 Å². The molecule has 0 aromatic heterocycles. The van der Waals surface area contributed by atoms with E-state index < -0.39 is 0 Å². The Labute approximate surface area is 108 Å². The highest BCUT2D eigenvalue weighted by molar-refractivity contribution is 4.90. The van der Waals surface area contributed by atoms with Crippen molar-refractivity contribution < 1.29 is 0 Å². The SMILES string of the molecule is CCC1CCC(NC)C(N(C)CC(C)(C)C)C1. The molecule has 0 spiro atoms. The van der Waals surface area contributed by atoms with Crippen molar-refractivity contribution in [2.75, 3.05) is 20.6 Å². The Morgan fingerprint density at radius 3 is 2.35 bits per heavy atom. The lowest BCUT2D eigenvalue weighted by atomic mass is 9.80. The highest BCUT2D eigenvalue weighted by Gasteiger charge is 2.32. The highest BCUT2D eigenvalue weighted by atomic mass is 15.2. The number of nitrogens with one attached hydrogen (secondary N) is 1. The molecule has 3 unspecified atom stereocenters. The molecule has 102 valence electrons. The summed E-state index contributed by atoms with van der Waals surface area (Å²) in [5, 5.41) is 3.52. The Morgan fingerprint density at radius 2 is 1.88 bits per heavy atom. The average Bonchev–Trinajstić information content (AvgIpc) is 2.25. The summed E-state index contributed by atoms with van der Waals surface area (Å²) in [6.45, 7) is 10.5. The molecule has 1 N–H and O–H groups in total. The van der Waals surface area contributed by atoms with Gasteiger partial charge in [0.2, 0.25) is 0 Å². The Kier molecular flexibility index (Phi) is 5.46. The van der Waals surface area contributed by atoms with Crippen LogP contribution in [0.1, 0.15) is 53.4 Å². The van der Waals surface area contributed by atoms with Gasteiger partial charge in [-0.05, 0) is 44.7 Å². The molecule has 1 aliphatic carbocycles. The van der Waals surface area contributed by atoms with Gasteiger partial charge in [-0.25, -0.2) is 0 Å². The molecule has 0 aromatic carbocycles. The quantitative estimate of drug-likeness (QED) is 0.812. The van der Waals surface area contributed by atoms with Crippen LogP contribution in [0.5, 0.6) is 0 Å². The van der Waals surface area contributed by atoms with Crippen LogP contribution in [-0.4, -0.2) is 37.6 Å². The summed E-state index contributed by atoms with van der Waals surface area (Å²) in [5.41, 5.74) is 0.395. The van der Waals surface area contributed by atoms with Gasteiger partial charge in [0.05, 0.1) is 0 Å². The molecule has 0 radical (unpaired) electrons. The van der Waals surface area contributed by atoms with Gasteiger partial charge in [0.15, 0.2) is 0 Å². The van der Waals surface area contributed by atoms with Crippen molar-refractivity contribution in [2.45, 2.75) is 65.5 Å². The monoisotopic (exact) mass is 240 g/mol. The minimum atomic E-state index is 0.395. The first-order valence-electron chi connectivity index (χ1n) is 7.25. The lowest BCUT2D eigenvalue weighted by Gasteiger charge is -2.43. The number of hydrogen-bond donors (Lipinski definition) is 1. The predicted octanol–water partition coefficient (Wildman–Crippen LogP) is 3.13. The molecule has 1 saturated carbocycles. The molecule has 3 atom stereocenters. The van der Waals surface area contributed by atoms with Gasteiger partial charge in [-0.3, -0.25) is 0 Å². The van der Waals surface area contributed by atoms with Crippen LogP contribution < -0.4 is 5.32 Å². The molecule has 0 saturated heterocycles. The fourth-order valence-corrected chi connectivity index (χ4v) is 3.29. The summed E-state index contributed by atoms with van der Waals surface area (Å²) in [6.07, 6.45) is 5.46. The standard InChI is InChI=1S/C15H32N2/c1-7-12-8-9-13(16-5)14(10-12)17(6)11-15(2,3)4/h12-14,16H,7-11H2,1-6H3. The summed E-state index contributed by atoms with van der Waals surface area (Å²) in [7, 11) is 4.42. The number of likely N-dealkylation sites (N-methyl/N-ethyl adjacent to an activating group) is 2. The van der Waals surface area contributed by atoms with Crippen LogP contribution in [0.2, 0.25) is 0 Å². The first-order chi connectivity index (χ1) is 7.87. The fourth-order valence-electron chi connectivity index (χ4n) is 3.29. The molecule has 0 aromatic rings. The minimum absolute atomic E-state index is 0.395. The molecular formula is C15H32N2. The van der Waals surface area contributed by atoms with Gasteiger partial charge in [0.25, 0.3) is 0 Å². The van der Waals surface area contributed by atoms with Gasteiger partial charge in [-0.1, -0.05) is 34.1 Å². The van der Waals surface area contributed by atoms with Crippen LogP contribution in [0.3, 0.4) is 0 Å². The third kappa shape index (κ3) is 4.59. The van der Waals surface area contributed by atoms with Gasteiger partial charge in [0, 0.05) is 18.6 Å². The molecule has 1 aliphatic rings. The first-order valence-corrected chi connectivity index (χ1v) is 7.25. The zero-order valence-electron chi connectivity index (χ0n) is 12.7. The van der Waals surface area contributed by atoms with Crippen LogP contribution in [-0.2, 0) is 0 Å². The maximum Gasteiger partial charge on any atom is 0.0249 e. The molecule has 17 heavy (non-hydrogen) atoms. The second-order valence-electron chi connectivity index (χ2n) is 7.03. The van der Waals surface area contributed by atoms with Crippen molar-refractivity contribution in [3.63, 3.8) is 0 Å². The summed E-state index contributed by atoms with van der Waals surface area (Å²) in [4.78, 5) is 2.59. The summed E-state index contributed by atoms with van der Waals surface area (Å²) < 4.78 is 0. The molecule has 0 aliphatic heterocycles. The zero-order chi connectivity index (χ0) is 13.1. The molecular weight excluding hydrogens is 208 g/mol. The number of rotatable bonds is 4. The van der Waals surface area contributed by atoms with Gasteiger partial charge in [-0.2, -0.15) is 0 Å². The summed E-state index contributed by atoms with van der Waals surface area (Å²) >= 11 is 0. The maximum absolute atomic E-state index is 3.52. The van der Waals surface area contributed by atoms with E-state index in [1.807, 2.05) is 0 Å². The maximum atomic E-state index is 3.52. The van der Waals surface area contributed by atoms with E-state index in [9.17, 15) is 0 Å². The van der Waals surface area contributed by atoms with Crippen molar-refractivity contribution in [1.29, 1.82) is 0 Å². The summed E-state index contributed by atoms with van der Waals surface area (Å²) in [6, 6.07) is 1.41. The highest BCUT2D eigenvalue weighted by Crippen LogP contribution is 2.30. The topological polar surface area (TPSA) is 15.3 Å². The normalized spacial score (nSPS) is 30.9. The van der Waals surface area contributed by atoms with Gasteiger partial charge >= 0.3 is 0 Å². The van der Waals surface area contributed by atoms with Crippen molar-refractivity contribution in [2.24, 2.45) is 11.3 Å². The van der Waals surface area contributed by atoms with E-state index >= 15 is 0 Å². The smallest absolute Gasteiger partial charge is 0.0249 e. The molecule has 2 heteroatoms. The van der Waals surface area contributed by atoms with E-state index in [-0.39, 0.29) is 0 Å². The van der Waals surface area contributed by atoms with E-state index in [0.29, 0.717) is 11.5 Å². The molecule has 1 rings (SSSR count). The Hall–Kier alpha value is -0.0800. The van der Waals surface area contributed by atoms with Crippen LogP contribution in [0.4, 0.5) is 0 Å². The molecule has 0 amide bonds.